The average Bonchev–Trinajstić information content (AvgIpc) is 2.88. The Labute approximate surface area is 120 Å². The molecule has 2 N–H and O–H groups in total. The molecule has 20 heavy (non-hydrogen) atoms. The maximum atomic E-state index is 5.77. The van der Waals surface area contributed by atoms with Crippen LogP contribution in [0.1, 0.15) is 5.01 Å². The largest absolute Gasteiger partial charge is 0.493 e. The van der Waals surface area contributed by atoms with Gasteiger partial charge in [-0.15, -0.1) is 11.3 Å². The predicted octanol–water partition coefficient (Wildman–Crippen LogP) is 3.47. The fourth-order valence-electron chi connectivity index (χ4n) is 1.93. The molecule has 2 aromatic carbocycles. The van der Waals surface area contributed by atoms with E-state index in [2.05, 4.69) is 11.1 Å². The van der Waals surface area contributed by atoms with E-state index in [0.717, 1.165) is 15.2 Å². The molecule has 5 heteroatoms. The lowest BCUT2D eigenvalue weighted by Gasteiger charge is -2.09. The summed E-state index contributed by atoms with van der Waals surface area (Å²) in [4.78, 5) is 4.53. The Morgan fingerprint density at radius 3 is 2.80 bits per heavy atom. The van der Waals surface area contributed by atoms with Crippen molar-refractivity contribution in [3.05, 3.63) is 47.5 Å². The number of rotatable bonds is 4. The van der Waals surface area contributed by atoms with Gasteiger partial charge in [-0.3, -0.25) is 0 Å². The lowest BCUT2D eigenvalue weighted by molar-refractivity contribution is 0.284. The van der Waals surface area contributed by atoms with E-state index in [1.54, 1.807) is 36.6 Å². The number of benzene rings is 2. The Kier molecular flexibility index (Phi) is 3.43. The minimum absolute atomic E-state index is 0.402. The molecule has 4 nitrogen and oxygen atoms in total. The first-order chi connectivity index (χ1) is 9.76. The maximum absolute atomic E-state index is 5.77. The Morgan fingerprint density at radius 1 is 1.15 bits per heavy atom. The van der Waals surface area contributed by atoms with Crippen LogP contribution >= 0.6 is 11.3 Å². The monoisotopic (exact) mass is 286 g/mol. The minimum Gasteiger partial charge on any atom is -0.493 e. The molecule has 0 aliphatic carbocycles. The average molecular weight is 286 g/mol. The first-order valence-corrected chi connectivity index (χ1v) is 6.98. The summed E-state index contributed by atoms with van der Waals surface area (Å²) in [5, 5.41) is 0.927. The summed E-state index contributed by atoms with van der Waals surface area (Å²) in [5.41, 5.74) is 7.40. The molecule has 0 spiro atoms. The van der Waals surface area contributed by atoms with Gasteiger partial charge in [0.15, 0.2) is 11.5 Å². The lowest BCUT2D eigenvalue weighted by Crippen LogP contribution is -1.98. The van der Waals surface area contributed by atoms with Crippen LogP contribution < -0.4 is 15.2 Å². The van der Waals surface area contributed by atoms with E-state index in [1.807, 2.05) is 18.2 Å². The van der Waals surface area contributed by atoms with Crippen LogP contribution in [0.25, 0.3) is 10.2 Å². The Morgan fingerprint density at radius 2 is 2.00 bits per heavy atom. The highest BCUT2D eigenvalue weighted by molar-refractivity contribution is 7.18. The molecule has 0 bridgehead atoms. The Hall–Kier alpha value is -2.27. The normalized spacial score (nSPS) is 10.7. The number of ether oxygens (including phenoxy) is 2. The molecule has 3 rings (SSSR count). The van der Waals surface area contributed by atoms with Crippen molar-refractivity contribution in [1.82, 2.24) is 4.98 Å². The van der Waals surface area contributed by atoms with E-state index in [0.29, 0.717) is 23.8 Å². The van der Waals surface area contributed by atoms with Crippen LogP contribution in [0.15, 0.2) is 42.5 Å². The molecule has 3 aromatic rings. The number of hydrogen-bond donors (Lipinski definition) is 1. The number of anilines is 1. The first-order valence-electron chi connectivity index (χ1n) is 6.17. The number of methoxy groups -OCH3 is 1. The van der Waals surface area contributed by atoms with Crippen LogP contribution in [0.3, 0.4) is 0 Å². The fraction of sp³-hybridized carbons (Fsp3) is 0.133. The van der Waals surface area contributed by atoms with Gasteiger partial charge in [0.25, 0.3) is 0 Å². The molecule has 0 radical (unpaired) electrons. The zero-order valence-electron chi connectivity index (χ0n) is 11.0. The maximum Gasteiger partial charge on any atom is 0.163 e. The van der Waals surface area contributed by atoms with Crippen molar-refractivity contribution in [2.45, 2.75) is 6.61 Å². The number of nitrogens with two attached hydrogens (primary N) is 1. The lowest BCUT2D eigenvalue weighted by atomic mass is 10.3. The van der Waals surface area contributed by atoms with Gasteiger partial charge in [-0.05, 0) is 24.3 Å². The topological polar surface area (TPSA) is 57.4 Å². The zero-order chi connectivity index (χ0) is 13.9. The molecule has 102 valence electrons. The molecule has 0 aliphatic heterocycles. The smallest absolute Gasteiger partial charge is 0.163 e. The second kappa shape index (κ2) is 5.38. The zero-order valence-corrected chi connectivity index (χ0v) is 11.8. The second-order valence-corrected chi connectivity index (χ2v) is 5.39. The first kappa shape index (κ1) is 12.7. The third-order valence-electron chi connectivity index (χ3n) is 2.88. The number of nitrogens with zero attached hydrogens (tertiary/aromatic N) is 1. The number of thiazole rings is 1. The van der Waals surface area contributed by atoms with E-state index in [9.17, 15) is 0 Å². The molecular formula is C15H14N2O2S. The van der Waals surface area contributed by atoms with E-state index in [-0.39, 0.29) is 0 Å². The Bertz CT molecular complexity index is 707. The van der Waals surface area contributed by atoms with Gasteiger partial charge >= 0.3 is 0 Å². The quantitative estimate of drug-likeness (QED) is 0.746. The molecule has 1 aromatic heterocycles. The second-order valence-electron chi connectivity index (χ2n) is 4.27. The van der Waals surface area contributed by atoms with Crippen LogP contribution in [-0.2, 0) is 6.61 Å². The highest BCUT2D eigenvalue weighted by Gasteiger charge is 2.08. The summed E-state index contributed by atoms with van der Waals surface area (Å²) in [6.07, 6.45) is 0. The fourth-order valence-corrected chi connectivity index (χ4v) is 2.81. The van der Waals surface area contributed by atoms with Crippen molar-refractivity contribution in [2.75, 3.05) is 12.8 Å². The highest BCUT2D eigenvalue weighted by atomic mass is 32.1. The number of para-hydroxylation sites is 1. The number of fused-ring (bicyclic) bond motifs is 1. The van der Waals surface area contributed by atoms with E-state index < -0.39 is 0 Å². The van der Waals surface area contributed by atoms with E-state index >= 15 is 0 Å². The van der Waals surface area contributed by atoms with Crippen molar-refractivity contribution < 1.29 is 9.47 Å². The van der Waals surface area contributed by atoms with Gasteiger partial charge in [0.2, 0.25) is 0 Å². The number of hydrogen-bond acceptors (Lipinski definition) is 5. The van der Waals surface area contributed by atoms with Crippen molar-refractivity contribution in [3.8, 4) is 11.5 Å². The van der Waals surface area contributed by atoms with Crippen LogP contribution in [0.4, 0.5) is 5.69 Å². The predicted molar refractivity (Wildman–Crippen MR) is 81.4 cm³/mol. The van der Waals surface area contributed by atoms with Crippen LogP contribution in [-0.4, -0.2) is 12.1 Å². The summed E-state index contributed by atoms with van der Waals surface area (Å²) in [6.45, 7) is 0.402. The summed E-state index contributed by atoms with van der Waals surface area (Å²) in [6, 6.07) is 13.4. The number of nitrogen functional groups attached to an aromatic ring is 1. The molecule has 1 heterocycles. The van der Waals surface area contributed by atoms with Crippen LogP contribution in [0, 0.1) is 0 Å². The van der Waals surface area contributed by atoms with Gasteiger partial charge in [-0.1, -0.05) is 12.1 Å². The molecule has 0 atom stereocenters. The van der Waals surface area contributed by atoms with Gasteiger partial charge in [-0.25, -0.2) is 4.98 Å². The van der Waals surface area contributed by atoms with Gasteiger partial charge < -0.3 is 15.2 Å². The SMILES string of the molecule is COc1ccc(N)cc1OCc1nc2ccccc2s1. The van der Waals surface area contributed by atoms with E-state index in [1.165, 1.54) is 0 Å². The van der Waals surface area contributed by atoms with Gasteiger partial charge in [0.05, 0.1) is 17.3 Å². The molecule has 0 fully saturated rings. The van der Waals surface area contributed by atoms with Crippen molar-refractivity contribution in [1.29, 1.82) is 0 Å². The summed E-state index contributed by atoms with van der Waals surface area (Å²) in [7, 11) is 1.61. The highest BCUT2D eigenvalue weighted by Crippen LogP contribution is 2.30. The van der Waals surface area contributed by atoms with Crippen molar-refractivity contribution >= 4 is 27.2 Å². The van der Waals surface area contributed by atoms with Crippen molar-refractivity contribution in [2.24, 2.45) is 0 Å². The standard InChI is InChI=1S/C15H14N2O2S/c1-18-12-7-6-10(16)8-13(12)19-9-15-17-11-4-2-3-5-14(11)20-15/h2-8H,9,16H2,1H3. The molecule has 0 saturated carbocycles. The Balaban J connectivity index is 1.80. The van der Waals surface area contributed by atoms with Gasteiger partial charge in [0, 0.05) is 11.8 Å². The van der Waals surface area contributed by atoms with Crippen LogP contribution in [0.5, 0.6) is 11.5 Å². The summed E-state index contributed by atoms with van der Waals surface area (Å²) < 4.78 is 12.2. The van der Waals surface area contributed by atoms with Crippen LogP contribution in [0.2, 0.25) is 0 Å². The molecular weight excluding hydrogens is 272 g/mol. The third kappa shape index (κ3) is 2.53. The van der Waals surface area contributed by atoms with E-state index in [4.69, 9.17) is 15.2 Å². The summed E-state index contributed by atoms with van der Waals surface area (Å²) >= 11 is 1.63. The van der Waals surface area contributed by atoms with Gasteiger partial charge in [0.1, 0.15) is 11.6 Å². The minimum atomic E-state index is 0.402. The molecule has 0 amide bonds. The number of aromatic nitrogens is 1. The third-order valence-corrected chi connectivity index (χ3v) is 3.89. The van der Waals surface area contributed by atoms with Crippen molar-refractivity contribution in [3.63, 3.8) is 0 Å². The molecule has 0 saturated heterocycles. The summed E-state index contributed by atoms with van der Waals surface area (Å²) in [5.74, 6) is 1.30. The molecule has 0 unspecified atom stereocenters. The van der Waals surface area contributed by atoms with Gasteiger partial charge in [-0.2, -0.15) is 0 Å². The molecule has 0 aliphatic rings.